The van der Waals surface area contributed by atoms with Crippen molar-refractivity contribution in [3.63, 3.8) is 0 Å². The lowest BCUT2D eigenvalue weighted by molar-refractivity contribution is 0.119. The SMILES string of the molecule is CCCC(O)CN(C)CCP(=O)(O)O. The van der Waals surface area contributed by atoms with Gasteiger partial charge in [0.05, 0.1) is 12.3 Å². The van der Waals surface area contributed by atoms with Crippen molar-refractivity contribution in [2.75, 3.05) is 26.3 Å². The van der Waals surface area contributed by atoms with Crippen LogP contribution in [0.25, 0.3) is 0 Å². The van der Waals surface area contributed by atoms with Gasteiger partial charge in [-0.1, -0.05) is 13.3 Å². The summed E-state index contributed by atoms with van der Waals surface area (Å²) in [7, 11) is -2.16. The van der Waals surface area contributed by atoms with Gasteiger partial charge in [0.15, 0.2) is 0 Å². The molecule has 0 amide bonds. The lowest BCUT2D eigenvalue weighted by Gasteiger charge is -2.20. The van der Waals surface area contributed by atoms with Gasteiger partial charge in [0.25, 0.3) is 0 Å². The van der Waals surface area contributed by atoms with E-state index in [2.05, 4.69) is 0 Å². The highest BCUT2D eigenvalue weighted by Crippen LogP contribution is 2.33. The molecule has 0 aliphatic heterocycles. The smallest absolute Gasteiger partial charge is 0.326 e. The highest BCUT2D eigenvalue weighted by Gasteiger charge is 2.15. The van der Waals surface area contributed by atoms with Crippen LogP contribution in [0, 0.1) is 0 Å². The molecule has 0 saturated heterocycles. The lowest BCUT2D eigenvalue weighted by atomic mass is 10.2. The van der Waals surface area contributed by atoms with E-state index in [1.165, 1.54) is 0 Å². The average molecular weight is 225 g/mol. The van der Waals surface area contributed by atoms with Gasteiger partial charge in [-0.2, -0.15) is 0 Å². The van der Waals surface area contributed by atoms with E-state index in [1.807, 2.05) is 6.92 Å². The van der Waals surface area contributed by atoms with Crippen molar-refractivity contribution < 1.29 is 19.5 Å². The zero-order chi connectivity index (χ0) is 11.2. The maximum absolute atomic E-state index is 10.6. The highest BCUT2D eigenvalue weighted by molar-refractivity contribution is 7.51. The first-order valence-corrected chi connectivity index (χ1v) is 6.56. The van der Waals surface area contributed by atoms with E-state index >= 15 is 0 Å². The van der Waals surface area contributed by atoms with Crippen molar-refractivity contribution in [1.29, 1.82) is 0 Å². The monoisotopic (exact) mass is 225 g/mol. The molecule has 14 heavy (non-hydrogen) atoms. The van der Waals surface area contributed by atoms with Crippen molar-refractivity contribution in [1.82, 2.24) is 4.90 Å². The minimum atomic E-state index is -3.90. The van der Waals surface area contributed by atoms with Gasteiger partial charge in [-0.3, -0.25) is 4.57 Å². The molecule has 0 heterocycles. The van der Waals surface area contributed by atoms with E-state index in [0.29, 0.717) is 13.1 Å². The number of likely N-dealkylation sites (N-methyl/N-ethyl adjacent to an activating group) is 1. The quantitative estimate of drug-likeness (QED) is 0.541. The normalized spacial score (nSPS) is 14.7. The van der Waals surface area contributed by atoms with E-state index in [0.717, 1.165) is 12.8 Å². The molecule has 0 fully saturated rings. The molecule has 5 nitrogen and oxygen atoms in total. The predicted octanol–water partition coefficient (Wildman–Crippen LogP) is 0.257. The molecule has 1 unspecified atom stereocenters. The van der Waals surface area contributed by atoms with Crippen LogP contribution in [0.15, 0.2) is 0 Å². The fraction of sp³-hybridized carbons (Fsp3) is 1.00. The summed E-state index contributed by atoms with van der Waals surface area (Å²) in [6, 6.07) is 0. The van der Waals surface area contributed by atoms with Crippen LogP contribution in [0.1, 0.15) is 19.8 Å². The van der Waals surface area contributed by atoms with Crippen LogP contribution in [-0.2, 0) is 4.57 Å². The number of aliphatic hydroxyl groups excluding tert-OH is 1. The number of hydrogen-bond donors (Lipinski definition) is 3. The predicted molar refractivity (Wildman–Crippen MR) is 55.3 cm³/mol. The summed E-state index contributed by atoms with van der Waals surface area (Å²) in [6.45, 7) is 2.76. The lowest BCUT2D eigenvalue weighted by Crippen LogP contribution is -2.31. The van der Waals surface area contributed by atoms with Crippen molar-refractivity contribution in [3.8, 4) is 0 Å². The van der Waals surface area contributed by atoms with Gasteiger partial charge < -0.3 is 19.8 Å². The van der Waals surface area contributed by atoms with E-state index in [4.69, 9.17) is 9.79 Å². The Kier molecular flexibility index (Phi) is 6.57. The van der Waals surface area contributed by atoms with Crippen LogP contribution in [0.3, 0.4) is 0 Å². The van der Waals surface area contributed by atoms with Crippen LogP contribution in [0.4, 0.5) is 0 Å². The minimum absolute atomic E-state index is 0.150. The van der Waals surface area contributed by atoms with Gasteiger partial charge in [-0.15, -0.1) is 0 Å². The molecule has 3 N–H and O–H groups in total. The molecule has 0 spiro atoms. The second-order valence-electron chi connectivity index (χ2n) is 3.59. The van der Waals surface area contributed by atoms with E-state index in [9.17, 15) is 9.67 Å². The van der Waals surface area contributed by atoms with Crippen LogP contribution in [0.5, 0.6) is 0 Å². The molecule has 0 saturated carbocycles. The molecule has 0 aromatic carbocycles. The molecule has 6 heteroatoms. The van der Waals surface area contributed by atoms with Crippen LogP contribution in [-0.4, -0.2) is 52.2 Å². The Hall–Kier alpha value is 0.0700. The summed E-state index contributed by atoms with van der Waals surface area (Å²) in [5.74, 6) is 0. The summed E-state index contributed by atoms with van der Waals surface area (Å²) >= 11 is 0. The molecule has 0 radical (unpaired) electrons. The summed E-state index contributed by atoms with van der Waals surface area (Å²) in [5, 5.41) is 9.41. The zero-order valence-electron chi connectivity index (χ0n) is 8.76. The Bertz CT molecular complexity index is 194. The summed E-state index contributed by atoms with van der Waals surface area (Å²) in [6.07, 6.45) is 1.08. The molecule has 0 bridgehead atoms. The summed E-state index contributed by atoms with van der Waals surface area (Å²) in [5.41, 5.74) is 0. The maximum Gasteiger partial charge on any atom is 0.326 e. The molecule has 0 aromatic rings. The van der Waals surface area contributed by atoms with Crippen LogP contribution < -0.4 is 0 Å². The number of rotatable bonds is 7. The third-order valence-electron chi connectivity index (χ3n) is 1.92. The molecular formula is C8H20NO4P. The van der Waals surface area contributed by atoms with Crippen LogP contribution in [0.2, 0.25) is 0 Å². The molecule has 86 valence electrons. The highest BCUT2D eigenvalue weighted by atomic mass is 31.2. The van der Waals surface area contributed by atoms with E-state index < -0.39 is 13.7 Å². The zero-order valence-corrected chi connectivity index (χ0v) is 9.65. The van der Waals surface area contributed by atoms with Gasteiger partial charge in [0.2, 0.25) is 0 Å². The minimum Gasteiger partial charge on any atom is -0.392 e. The van der Waals surface area contributed by atoms with E-state index in [-0.39, 0.29) is 6.16 Å². The first-order valence-electron chi connectivity index (χ1n) is 4.76. The molecule has 0 aromatic heterocycles. The Labute approximate surface area is 84.9 Å². The second kappa shape index (κ2) is 6.53. The molecule has 0 rings (SSSR count). The van der Waals surface area contributed by atoms with E-state index in [1.54, 1.807) is 11.9 Å². The Morgan fingerprint density at radius 1 is 1.43 bits per heavy atom. The van der Waals surface area contributed by atoms with Crippen LogP contribution >= 0.6 is 7.60 Å². The Morgan fingerprint density at radius 2 is 2.00 bits per heavy atom. The molecule has 1 atom stereocenters. The Balaban J connectivity index is 3.65. The summed E-state index contributed by atoms with van der Waals surface area (Å²) < 4.78 is 10.6. The van der Waals surface area contributed by atoms with Crippen molar-refractivity contribution in [2.45, 2.75) is 25.9 Å². The van der Waals surface area contributed by atoms with Gasteiger partial charge in [0.1, 0.15) is 0 Å². The summed E-state index contributed by atoms with van der Waals surface area (Å²) in [4.78, 5) is 19.0. The maximum atomic E-state index is 10.6. The molecule has 0 aliphatic rings. The van der Waals surface area contributed by atoms with Gasteiger partial charge in [-0.05, 0) is 13.5 Å². The third kappa shape index (κ3) is 8.66. The van der Waals surface area contributed by atoms with Gasteiger partial charge in [-0.25, -0.2) is 0 Å². The fourth-order valence-corrected chi connectivity index (χ4v) is 1.78. The topological polar surface area (TPSA) is 81.0 Å². The number of nitrogens with zero attached hydrogens (tertiary/aromatic N) is 1. The van der Waals surface area contributed by atoms with Crippen molar-refractivity contribution in [2.24, 2.45) is 0 Å². The second-order valence-corrected chi connectivity index (χ2v) is 5.37. The fourth-order valence-electron chi connectivity index (χ4n) is 1.18. The molecular weight excluding hydrogens is 205 g/mol. The van der Waals surface area contributed by atoms with Gasteiger partial charge in [0, 0.05) is 13.1 Å². The van der Waals surface area contributed by atoms with Crippen molar-refractivity contribution >= 4 is 7.60 Å². The Morgan fingerprint density at radius 3 is 2.43 bits per heavy atom. The largest absolute Gasteiger partial charge is 0.392 e. The van der Waals surface area contributed by atoms with Crippen molar-refractivity contribution in [3.05, 3.63) is 0 Å². The average Bonchev–Trinajstić information content (AvgIpc) is 2.00. The first kappa shape index (κ1) is 14.1. The first-order chi connectivity index (χ1) is 6.35. The number of hydrogen-bond acceptors (Lipinski definition) is 3. The molecule has 0 aliphatic carbocycles. The standard InChI is InChI=1S/C8H20NO4P/c1-3-4-8(10)7-9(2)5-6-14(11,12)13/h8,10H,3-7H2,1-2H3,(H2,11,12,13). The van der Waals surface area contributed by atoms with Gasteiger partial charge >= 0.3 is 7.60 Å². The number of aliphatic hydroxyl groups is 1. The third-order valence-corrected chi connectivity index (χ3v) is 2.70.